The highest BCUT2D eigenvalue weighted by atomic mass is 32.2. The molecule has 0 fully saturated rings. The fourth-order valence-corrected chi connectivity index (χ4v) is 4.52. The van der Waals surface area contributed by atoms with Crippen molar-refractivity contribution in [3.63, 3.8) is 0 Å². The maximum absolute atomic E-state index is 12.6. The fourth-order valence-electron chi connectivity index (χ4n) is 3.79. The maximum Gasteiger partial charge on any atom is 0.234 e. The zero-order valence-electron chi connectivity index (χ0n) is 16.9. The number of hydrogen-bond acceptors (Lipinski definition) is 5. The average Bonchev–Trinajstić information content (AvgIpc) is 3.42. The molecule has 3 aromatic carbocycles. The van der Waals surface area contributed by atoms with Gasteiger partial charge in [0.25, 0.3) is 0 Å². The van der Waals surface area contributed by atoms with Crippen molar-refractivity contribution in [1.29, 1.82) is 0 Å². The molecule has 31 heavy (non-hydrogen) atoms. The van der Waals surface area contributed by atoms with Gasteiger partial charge in [0.1, 0.15) is 12.1 Å². The van der Waals surface area contributed by atoms with E-state index in [9.17, 15) is 4.79 Å². The first-order valence-corrected chi connectivity index (χ1v) is 10.9. The van der Waals surface area contributed by atoms with E-state index in [4.69, 9.17) is 4.74 Å². The molecule has 1 amide bonds. The number of benzene rings is 3. The summed E-state index contributed by atoms with van der Waals surface area (Å²) in [5, 5.41) is 11.8. The topological polar surface area (TPSA) is 69.0 Å². The molecule has 0 aliphatic heterocycles. The Bertz CT molecular complexity index is 1250. The van der Waals surface area contributed by atoms with Crippen LogP contribution in [0.3, 0.4) is 0 Å². The summed E-state index contributed by atoms with van der Waals surface area (Å²) in [6, 6.07) is 22.2. The number of methoxy groups -OCH3 is 1. The van der Waals surface area contributed by atoms with Gasteiger partial charge in [0, 0.05) is 11.4 Å². The lowest BCUT2D eigenvalue weighted by Gasteiger charge is -2.09. The van der Waals surface area contributed by atoms with Crippen molar-refractivity contribution in [2.24, 2.45) is 0 Å². The normalized spacial score (nSPS) is 11.6. The van der Waals surface area contributed by atoms with Crippen LogP contribution < -0.4 is 10.1 Å². The molecule has 0 saturated heterocycles. The highest BCUT2D eigenvalue weighted by Crippen LogP contribution is 2.37. The fraction of sp³-hybridized carbons (Fsp3) is 0.125. The minimum absolute atomic E-state index is 0.0789. The Morgan fingerprint density at radius 2 is 1.87 bits per heavy atom. The molecule has 1 aliphatic carbocycles. The third kappa shape index (κ3) is 3.92. The monoisotopic (exact) mass is 428 g/mol. The standard InChI is InChI=1S/C24H20N4O2S/c1-30-20-9-7-19(8-10-20)28-15-25-27-24(28)31-14-23(29)26-18-6-11-22-17(13-18)12-16-4-2-3-5-21(16)22/h2-11,13,15H,12,14H2,1H3,(H,26,29). The molecule has 0 atom stereocenters. The van der Waals surface area contributed by atoms with Gasteiger partial charge in [-0.2, -0.15) is 0 Å². The summed E-state index contributed by atoms with van der Waals surface area (Å²) >= 11 is 1.35. The Kier molecular flexibility index (Phi) is 5.18. The van der Waals surface area contributed by atoms with E-state index in [0.717, 1.165) is 23.5 Å². The van der Waals surface area contributed by atoms with Crippen LogP contribution in [0.4, 0.5) is 5.69 Å². The summed E-state index contributed by atoms with van der Waals surface area (Å²) in [5.41, 5.74) is 6.82. The van der Waals surface area contributed by atoms with Crippen LogP contribution in [-0.4, -0.2) is 33.5 Å². The molecule has 5 rings (SSSR count). The van der Waals surface area contributed by atoms with Crippen molar-refractivity contribution in [2.45, 2.75) is 11.6 Å². The lowest BCUT2D eigenvalue weighted by molar-refractivity contribution is -0.113. The molecule has 4 aromatic rings. The van der Waals surface area contributed by atoms with E-state index in [1.165, 1.54) is 34.0 Å². The number of carbonyl (C=O) groups excluding carboxylic acids is 1. The van der Waals surface area contributed by atoms with Crippen molar-refractivity contribution in [1.82, 2.24) is 14.8 Å². The van der Waals surface area contributed by atoms with E-state index in [0.29, 0.717) is 5.16 Å². The summed E-state index contributed by atoms with van der Waals surface area (Å²) < 4.78 is 7.05. The number of aromatic nitrogens is 3. The van der Waals surface area contributed by atoms with Gasteiger partial charge in [0.2, 0.25) is 5.91 Å². The molecule has 0 radical (unpaired) electrons. The van der Waals surface area contributed by atoms with Gasteiger partial charge in [-0.3, -0.25) is 9.36 Å². The molecular weight excluding hydrogens is 408 g/mol. The molecule has 6 nitrogen and oxygen atoms in total. The highest BCUT2D eigenvalue weighted by molar-refractivity contribution is 7.99. The van der Waals surface area contributed by atoms with Crippen LogP contribution in [0, 0.1) is 0 Å². The van der Waals surface area contributed by atoms with Gasteiger partial charge in [-0.1, -0.05) is 42.1 Å². The number of hydrogen-bond donors (Lipinski definition) is 1. The van der Waals surface area contributed by atoms with Crippen molar-refractivity contribution in [2.75, 3.05) is 18.2 Å². The quantitative estimate of drug-likeness (QED) is 0.401. The van der Waals surface area contributed by atoms with E-state index in [1.54, 1.807) is 13.4 Å². The number of ether oxygens (including phenoxy) is 1. The Hall–Kier alpha value is -3.58. The van der Waals surface area contributed by atoms with Crippen LogP contribution in [-0.2, 0) is 11.2 Å². The van der Waals surface area contributed by atoms with Crippen LogP contribution in [0.15, 0.2) is 78.2 Å². The molecule has 0 spiro atoms. The summed E-state index contributed by atoms with van der Waals surface area (Å²) in [7, 11) is 1.63. The molecule has 154 valence electrons. The lowest BCUT2D eigenvalue weighted by atomic mass is 10.1. The molecular formula is C24H20N4O2S. The Labute approximate surface area is 184 Å². The zero-order valence-corrected chi connectivity index (χ0v) is 17.7. The molecule has 1 N–H and O–H groups in total. The second kappa shape index (κ2) is 8.28. The molecule has 1 aliphatic rings. The summed E-state index contributed by atoms with van der Waals surface area (Å²) in [5.74, 6) is 0.944. The Morgan fingerprint density at radius 1 is 1.06 bits per heavy atom. The smallest absolute Gasteiger partial charge is 0.234 e. The molecule has 0 bridgehead atoms. The van der Waals surface area contributed by atoms with Crippen molar-refractivity contribution in [3.8, 4) is 22.6 Å². The van der Waals surface area contributed by atoms with Crippen LogP contribution in [0.2, 0.25) is 0 Å². The number of fused-ring (bicyclic) bond motifs is 3. The minimum atomic E-state index is -0.0789. The second-order valence-corrected chi connectivity index (χ2v) is 8.17. The van der Waals surface area contributed by atoms with Crippen LogP contribution >= 0.6 is 11.8 Å². The number of carbonyl (C=O) groups is 1. The second-order valence-electron chi connectivity index (χ2n) is 7.22. The van der Waals surface area contributed by atoms with Gasteiger partial charge < -0.3 is 10.1 Å². The first-order chi connectivity index (χ1) is 15.2. The largest absolute Gasteiger partial charge is 0.497 e. The predicted octanol–water partition coefficient (Wildman–Crippen LogP) is 4.58. The molecule has 1 aromatic heterocycles. The van der Waals surface area contributed by atoms with E-state index >= 15 is 0 Å². The molecule has 1 heterocycles. The average molecular weight is 429 g/mol. The van der Waals surface area contributed by atoms with Crippen molar-refractivity contribution < 1.29 is 9.53 Å². The van der Waals surface area contributed by atoms with E-state index in [2.05, 4.69) is 51.9 Å². The van der Waals surface area contributed by atoms with E-state index < -0.39 is 0 Å². The van der Waals surface area contributed by atoms with Crippen LogP contribution in [0.1, 0.15) is 11.1 Å². The maximum atomic E-state index is 12.6. The third-order valence-corrected chi connectivity index (χ3v) is 6.22. The lowest BCUT2D eigenvalue weighted by Crippen LogP contribution is -2.14. The first-order valence-electron chi connectivity index (χ1n) is 9.89. The zero-order chi connectivity index (χ0) is 21.2. The highest BCUT2D eigenvalue weighted by Gasteiger charge is 2.18. The number of anilines is 1. The van der Waals surface area contributed by atoms with Crippen LogP contribution in [0.25, 0.3) is 16.8 Å². The number of thioether (sulfide) groups is 1. The Morgan fingerprint density at radius 3 is 2.71 bits per heavy atom. The van der Waals surface area contributed by atoms with Gasteiger partial charge in [-0.15, -0.1) is 10.2 Å². The number of amides is 1. The Balaban J connectivity index is 1.24. The summed E-state index contributed by atoms with van der Waals surface area (Å²) in [6.07, 6.45) is 2.54. The van der Waals surface area contributed by atoms with Gasteiger partial charge >= 0.3 is 0 Å². The SMILES string of the molecule is COc1ccc(-n2cnnc2SCC(=O)Nc2ccc3c(c2)Cc2ccccc2-3)cc1. The van der Waals surface area contributed by atoms with E-state index in [-0.39, 0.29) is 11.7 Å². The molecule has 7 heteroatoms. The third-order valence-electron chi connectivity index (χ3n) is 5.28. The number of nitrogens with zero attached hydrogens (tertiary/aromatic N) is 3. The van der Waals surface area contributed by atoms with Gasteiger partial charge in [-0.25, -0.2) is 0 Å². The van der Waals surface area contributed by atoms with E-state index in [1.807, 2.05) is 34.9 Å². The summed E-state index contributed by atoms with van der Waals surface area (Å²) in [4.78, 5) is 12.6. The predicted molar refractivity (Wildman–Crippen MR) is 122 cm³/mol. The van der Waals surface area contributed by atoms with Gasteiger partial charge in [-0.05, 0) is 65.1 Å². The van der Waals surface area contributed by atoms with Gasteiger partial charge in [0.05, 0.1) is 12.9 Å². The summed E-state index contributed by atoms with van der Waals surface area (Å²) in [6.45, 7) is 0. The van der Waals surface area contributed by atoms with Crippen LogP contribution in [0.5, 0.6) is 5.75 Å². The first kappa shape index (κ1) is 19.4. The number of rotatable bonds is 6. The minimum Gasteiger partial charge on any atom is -0.497 e. The van der Waals surface area contributed by atoms with Gasteiger partial charge in [0.15, 0.2) is 5.16 Å². The number of nitrogens with one attached hydrogen (secondary N) is 1. The molecule has 0 unspecified atom stereocenters. The molecule has 0 saturated carbocycles. The van der Waals surface area contributed by atoms with Crippen molar-refractivity contribution >= 4 is 23.4 Å². The van der Waals surface area contributed by atoms with Crippen molar-refractivity contribution in [3.05, 3.63) is 84.2 Å².